The van der Waals surface area contributed by atoms with Crippen LogP contribution in [0.5, 0.6) is 5.75 Å². The number of benzene rings is 4. The van der Waals surface area contributed by atoms with Gasteiger partial charge in [-0.15, -0.1) is 0 Å². The van der Waals surface area contributed by atoms with E-state index in [-0.39, 0.29) is 22.5 Å². The molecule has 228 valence electrons. The van der Waals surface area contributed by atoms with Gasteiger partial charge in [-0.2, -0.15) is 18.3 Å². The van der Waals surface area contributed by atoms with Crippen molar-refractivity contribution in [1.82, 2.24) is 9.78 Å². The molecule has 0 spiro atoms. The van der Waals surface area contributed by atoms with E-state index in [1.54, 1.807) is 6.07 Å². The lowest BCUT2D eigenvalue weighted by molar-refractivity contribution is -0.141. The van der Waals surface area contributed by atoms with Gasteiger partial charge in [-0.1, -0.05) is 30.3 Å². The summed E-state index contributed by atoms with van der Waals surface area (Å²) in [6, 6.07) is 17.4. The highest BCUT2D eigenvalue weighted by Gasteiger charge is 2.36. The number of ether oxygens (including phenoxy) is 1. The standard InChI is InChI=1S/C29H17F8N3O3S/c1-43-18-10-7-16(8-11-18)20-14-22(29(35,36)37)38-40(20)17-9-12-21(19(13-17)15-5-3-2-4-6-15)44(41,42)39-28-26(33)24(31)23(30)25(32)27(28)34/h2-14,39H,1H3. The predicted octanol–water partition coefficient (Wildman–Crippen LogP) is 7.73. The van der Waals surface area contributed by atoms with Gasteiger partial charge in [-0.3, -0.25) is 4.72 Å². The Kier molecular flexibility index (Phi) is 7.84. The Morgan fingerprint density at radius 3 is 1.91 bits per heavy atom. The quantitative estimate of drug-likeness (QED) is 0.112. The van der Waals surface area contributed by atoms with E-state index in [2.05, 4.69) is 5.10 Å². The first-order valence-corrected chi connectivity index (χ1v) is 13.8. The average molecular weight is 640 g/mol. The summed E-state index contributed by atoms with van der Waals surface area (Å²) in [5.74, 6) is -11.6. The van der Waals surface area contributed by atoms with Gasteiger partial charge in [-0.25, -0.2) is 35.1 Å². The normalized spacial score (nSPS) is 11.9. The Hall–Kier alpha value is -4.92. The van der Waals surface area contributed by atoms with Crippen LogP contribution in [0, 0.1) is 29.1 Å². The van der Waals surface area contributed by atoms with Crippen LogP contribution in [0.1, 0.15) is 5.69 Å². The summed E-state index contributed by atoms with van der Waals surface area (Å²) < 4.78 is 145. The molecule has 0 aliphatic rings. The molecule has 1 heterocycles. The van der Waals surface area contributed by atoms with E-state index in [1.165, 1.54) is 60.4 Å². The highest BCUT2D eigenvalue weighted by atomic mass is 32.2. The summed E-state index contributed by atoms with van der Waals surface area (Å²) in [6.45, 7) is 0. The summed E-state index contributed by atoms with van der Waals surface area (Å²) in [5.41, 5.74) is -2.87. The van der Waals surface area contributed by atoms with E-state index >= 15 is 0 Å². The van der Waals surface area contributed by atoms with Crippen LogP contribution in [0.4, 0.5) is 40.8 Å². The van der Waals surface area contributed by atoms with Crippen LogP contribution in [-0.2, 0) is 16.2 Å². The number of halogens is 8. The molecule has 0 radical (unpaired) electrons. The molecule has 5 aromatic rings. The highest BCUT2D eigenvalue weighted by molar-refractivity contribution is 7.92. The number of hydrogen-bond donors (Lipinski definition) is 1. The minimum Gasteiger partial charge on any atom is -0.497 e. The van der Waals surface area contributed by atoms with Crippen molar-refractivity contribution >= 4 is 15.7 Å². The van der Waals surface area contributed by atoms with Crippen molar-refractivity contribution in [2.24, 2.45) is 0 Å². The Labute approximate surface area is 244 Å². The largest absolute Gasteiger partial charge is 0.497 e. The number of sulfonamides is 1. The summed E-state index contributed by atoms with van der Waals surface area (Å²) in [7, 11) is -3.67. The summed E-state index contributed by atoms with van der Waals surface area (Å²) in [4.78, 5) is -0.689. The number of methoxy groups -OCH3 is 1. The van der Waals surface area contributed by atoms with Crippen molar-refractivity contribution in [3.8, 4) is 33.8 Å². The Balaban J connectivity index is 1.70. The fraction of sp³-hybridized carbons (Fsp3) is 0.0690. The molecule has 0 saturated heterocycles. The van der Waals surface area contributed by atoms with Gasteiger partial charge in [0.25, 0.3) is 10.0 Å². The van der Waals surface area contributed by atoms with E-state index in [0.29, 0.717) is 11.3 Å². The molecule has 0 aliphatic heterocycles. The Morgan fingerprint density at radius 2 is 1.34 bits per heavy atom. The van der Waals surface area contributed by atoms with Gasteiger partial charge in [0, 0.05) is 11.1 Å². The van der Waals surface area contributed by atoms with Crippen molar-refractivity contribution in [3.63, 3.8) is 0 Å². The van der Waals surface area contributed by atoms with E-state index in [1.807, 2.05) is 0 Å². The molecule has 0 bridgehead atoms. The number of rotatable bonds is 7. The van der Waals surface area contributed by atoms with Crippen LogP contribution in [-0.4, -0.2) is 25.3 Å². The van der Waals surface area contributed by atoms with Crippen LogP contribution in [0.15, 0.2) is 83.8 Å². The van der Waals surface area contributed by atoms with E-state index in [4.69, 9.17) is 4.74 Å². The number of hydrogen-bond acceptors (Lipinski definition) is 4. The molecular formula is C29H17F8N3O3S. The molecular weight excluding hydrogens is 622 g/mol. The minimum absolute atomic E-state index is 0.0332. The molecule has 0 fully saturated rings. The first kappa shape index (κ1) is 30.5. The molecule has 15 heteroatoms. The van der Waals surface area contributed by atoms with Crippen molar-refractivity contribution in [2.75, 3.05) is 11.8 Å². The van der Waals surface area contributed by atoms with Gasteiger partial charge in [-0.05, 0) is 54.1 Å². The molecule has 0 aliphatic carbocycles. The number of aromatic nitrogens is 2. The van der Waals surface area contributed by atoms with Gasteiger partial charge >= 0.3 is 6.18 Å². The predicted molar refractivity (Wildman–Crippen MR) is 143 cm³/mol. The third kappa shape index (κ3) is 5.57. The fourth-order valence-corrected chi connectivity index (χ4v) is 5.57. The van der Waals surface area contributed by atoms with E-state index < -0.39 is 61.6 Å². The van der Waals surface area contributed by atoms with Crippen LogP contribution in [0.2, 0.25) is 0 Å². The molecule has 6 nitrogen and oxygen atoms in total. The molecule has 0 amide bonds. The summed E-state index contributed by atoms with van der Waals surface area (Å²) in [6.07, 6.45) is -4.85. The lowest BCUT2D eigenvalue weighted by Gasteiger charge is -2.16. The molecule has 1 aromatic heterocycles. The lowest BCUT2D eigenvalue weighted by Crippen LogP contribution is -2.18. The Bertz CT molecular complexity index is 1950. The fourth-order valence-electron chi connectivity index (χ4n) is 4.30. The van der Waals surface area contributed by atoms with Crippen molar-refractivity contribution in [2.45, 2.75) is 11.1 Å². The van der Waals surface area contributed by atoms with Crippen molar-refractivity contribution in [1.29, 1.82) is 0 Å². The molecule has 0 saturated carbocycles. The van der Waals surface area contributed by atoms with E-state index in [9.17, 15) is 43.5 Å². The number of nitrogens with zero attached hydrogens (tertiary/aromatic N) is 2. The maximum Gasteiger partial charge on any atom is 0.435 e. The number of alkyl halides is 3. The van der Waals surface area contributed by atoms with Crippen LogP contribution in [0.3, 0.4) is 0 Å². The van der Waals surface area contributed by atoms with Gasteiger partial charge < -0.3 is 4.74 Å². The van der Waals surface area contributed by atoms with E-state index in [0.717, 1.165) is 28.9 Å². The Morgan fingerprint density at radius 1 is 0.750 bits per heavy atom. The second kappa shape index (κ2) is 11.3. The van der Waals surface area contributed by atoms with Crippen molar-refractivity contribution in [3.05, 3.63) is 114 Å². The second-order valence-electron chi connectivity index (χ2n) is 9.15. The van der Waals surface area contributed by atoms with Gasteiger partial charge in [0.2, 0.25) is 5.82 Å². The van der Waals surface area contributed by atoms with Crippen LogP contribution < -0.4 is 9.46 Å². The molecule has 1 N–H and O–H groups in total. The molecule has 0 unspecified atom stereocenters. The summed E-state index contributed by atoms with van der Waals surface area (Å²) in [5, 5.41) is 3.69. The number of nitrogens with one attached hydrogen (secondary N) is 1. The lowest BCUT2D eigenvalue weighted by atomic mass is 10.0. The smallest absolute Gasteiger partial charge is 0.435 e. The SMILES string of the molecule is COc1ccc(-c2cc(C(F)(F)F)nn2-c2ccc(S(=O)(=O)Nc3c(F)c(F)c(F)c(F)c3F)c(-c3ccccc3)c2)cc1. The number of anilines is 1. The first-order chi connectivity index (χ1) is 20.7. The minimum atomic E-state index is -5.08. The van der Waals surface area contributed by atoms with Crippen LogP contribution >= 0.6 is 0 Å². The molecule has 4 aromatic carbocycles. The molecule has 5 rings (SSSR count). The molecule has 44 heavy (non-hydrogen) atoms. The monoisotopic (exact) mass is 639 g/mol. The maximum absolute atomic E-state index is 14.4. The zero-order valence-electron chi connectivity index (χ0n) is 22.1. The van der Waals surface area contributed by atoms with Crippen molar-refractivity contribution < 1.29 is 48.3 Å². The first-order valence-electron chi connectivity index (χ1n) is 12.3. The topological polar surface area (TPSA) is 73.2 Å². The van der Waals surface area contributed by atoms with Gasteiger partial charge in [0.05, 0.1) is 23.4 Å². The highest BCUT2D eigenvalue weighted by Crippen LogP contribution is 2.37. The zero-order chi connectivity index (χ0) is 32.0. The zero-order valence-corrected chi connectivity index (χ0v) is 22.9. The third-order valence-electron chi connectivity index (χ3n) is 6.41. The van der Waals surface area contributed by atoms with Gasteiger partial charge in [0.15, 0.2) is 29.0 Å². The summed E-state index contributed by atoms with van der Waals surface area (Å²) >= 11 is 0. The average Bonchev–Trinajstić information content (AvgIpc) is 3.48. The second-order valence-corrected chi connectivity index (χ2v) is 10.8. The maximum atomic E-state index is 14.4. The van der Waals surface area contributed by atoms with Crippen LogP contribution in [0.25, 0.3) is 28.1 Å². The van der Waals surface area contributed by atoms with Gasteiger partial charge in [0.1, 0.15) is 11.4 Å². The third-order valence-corrected chi connectivity index (χ3v) is 7.82. The molecule has 0 atom stereocenters.